The summed E-state index contributed by atoms with van der Waals surface area (Å²) in [6, 6.07) is 8.30. The Labute approximate surface area is 128 Å². The fourth-order valence-electron chi connectivity index (χ4n) is 3.04. The third-order valence-corrected chi connectivity index (χ3v) is 4.57. The van der Waals surface area contributed by atoms with Gasteiger partial charge in [-0.15, -0.1) is 0 Å². The molecule has 1 aliphatic carbocycles. The van der Waals surface area contributed by atoms with Gasteiger partial charge in [0.05, 0.1) is 6.61 Å². The minimum absolute atomic E-state index is 0.747. The number of ether oxygens (including phenoxy) is 1. The Morgan fingerprint density at radius 1 is 1.15 bits per heavy atom. The molecule has 1 nitrogen and oxygen atoms in total. The second-order valence-corrected chi connectivity index (χ2v) is 6.27. The van der Waals surface area contributed by atoms with E-state index < -0.39 is 0 Å². The van der Waals surface area contributed by atoms with E-state index in [-0.39, 0.29) is 0 Å². The van der Waals surface area contributed by atoms with Crippen LogP contribution in [0.2, 0.25) is 5.02 Å². The Balaban J connectivity index is 1.68. The number of hydrogen-bond acceptors (Lipinski definition) is 1. The lowest BCUT2D eigenvalue weighted by molar-refractivity contribution is 0.232. The third kappa shape index (κ3) is 5.30. The predicted molar refractivity (Wildman–Crippen MR) is 86.2 cm³/mol. The zero-order chi connectivity index (χ0) is 14.2. The van der Waals surface area contributed by atoms with Gasteiger partial charge in [0, 0.05) is 12.1 Å². The highest BCUT2D eigenvalue weighted by atomic mass is 35.5. The summed E-state index contributed by atoms with van der Waals surface area (Å²) in [4.78, 5) is 0. The van der Waals surface area contributed by atoms with Gasteiger partial charge in [-0.2, -0.15) is 0 Å². The Hall–Kier alpha value is -0.790. The smallest absolute Gasteiger partial charge is 0.0643 e. The van der Waals surface area contributed by atoms with Crippen LogP contribution in [-0.4, -0.2) is 13.7 Å². The number of halogens is 1. The van der Waals surface area contributed by atoms with Crippen molar-refractivity contribution in [2.24, 2.45) is 11.8 Å². The number of aryl methyl sites for hydroxylation is 1. The molecule has 2 rings (SSSR count). The molecule has 1 aromatic rings. The molecule has 0 atom stereocenters. The van der Waals surface area contributed by atoms with Crippen LogP contribution in [-0.2, 0) is 11.2 Å². The van der Waals surface area contributed by atoms with Crippen molar-refractivity contribution in [3.8, 4) is 0 Å². The van der Waals surface area contributed by atoms with E-state index in [1.54, 1.807) is 7.11 Å². The van der Waals surface area contributed by atoms with Crippen molar-refractivity contribution in [1.82, 2.24) is 0 Å². The van der Waals surface area contributed by atoms with Crippen molar-refractivity contribution in [3.63, 3.8) is 0 Å². The fraction of sp³-hybridized carbons (Fsp3) is 0.556. The van der Waals surface area contributed by atoms with Crippen molar-refractivity contribution < 1.29 is 4.74 Å². The number of allylic oxidation sites excluding steroid dienone is 1. The zero-order valence-corrected chi connectivity index (χ0v) is 13.1. The second-order valence-electron chi connectivity index (χ2n) is 5.83. The van der Waals surface area contributed by atoms with Crippen LogP contribution in [0.3, 0.4) is 0 Å². The summed E-state index contributed by atoms with van der Waals surface area (Å²) in [5.41, 5.74) is 1.41. The molecule has 0 aromatic heterocycles. The molecule has 1 aromatic carbocycles. The minimum atomic E-state index is 0.747. The highest BCUT2D eigenvalue weighted by molar-refractivity contribution is 6.30. The largest absolute Gasteiger partial charge is 0.381 e. The molecule has 110 valence electrons. The molecule has 0 radical (unpaired) electrons. The highest BCUT2D eigenvalue weighted by Gasteiger charge is 2.19. The monoisotopic (exact) mass is 292 g/mol. The lowest BCUT2D eigenvalue weighted by atomic mass is 9.79. The third-order valence-electron chi connectivity index (χ3n) is 4.32. The average Bonchev–Trinajstić information content (AvgIpc) is 2.48. The normalized spacial score (nSPS) is 23.3. The van der Waals surface area contributed by atoms with Crippen LogP contribution < -0.4 is 0 Å². The van der Waals surface area contributed by atoms with Gasteiger partial charge in [-0.05, 0) is 68.1 Å². The summed E-state index contributed by atoms with van der Waals surface area (Å²) < 4.78 is 5.05. The average molecular weight is 293 g/mol. The molecular formula is C18H25ClO. The van der Waals surface area contributed by atoms with Gasteiger partial charge in [0.15, 0.2) is 0 Å². The van der Waals surface area contributed by atoms with Gasteiger partial charge in [0.2, 0.25) is 0 Å². The van der Waals surface area contributed by atoms with Gasteiger partial charge < -0.3 is 4.74 Å². The zero-order valence-electron chi connectivity index (χ0n) is 12.4. The van der Waals surface area contributed by atoms with Gasteiger partial charge in [0.25, 0.3) is 0 Å². The molecule has 20 heavy (non-hydrogen) atoms. The van der Waals surface area contributed by atoms with E-state index in [4.69, 9.17) is 16.3 Å². The molecule has 0 spiro atoms. The van der Waals surface area contributed by atoms with E-state index in [0.717, 1.165) is 23.5 Å². The van der Waals surface area contributed by atoms with E-state index in [1.807, 2.05) is 12.1 Å². The van der Waals surface area contributed by atoms with Crippen LogP contribution in [0.1, 0.15) is 37.7 Å². The summed E-state index contributed by atoms with van der Waals surface area (Å²) in [6.07, 6.45) is 12.4. The van der Waals surface area contributed by atoms with Crippen molar-refractivity contribution >= 4 is 11.6 Å². The number of benzene rings is 1. The second kappa shape index (κ2) is 8.49. The summed E-state index contributed by atoms with van der Waals surface area (Å²) in [5, 5.41) is 0.831. The van der Waals surface area contributed by atoms with Crippen LogP contribution in [0.5, 0.6) is 0 Å². The number of rotatable bonds is 6. The van der Waals surface area contributed by atoms with Crippen LogP contribution in [0, 0.1) is 11.8 Å². The Morgan fingerprint density at radius 3 is 2.50 bits per heavy atom. The molecule has 0 unspecified atom stereocenters. The maximum atomic E-state index is 5.91. The van der Waals surface area contributed by atoms with Crippen molar-refractivity contribution in [2.75, 3.05) is 13.7 Å². The van der Waals surface area contributed by atoms with Gasteiger partial charge in [-0.1, -0.05) is 35.9 Å². The molecule has 0 amide bonds. The van der Waals surface area contributed by atoms with E-state index in [9.17, 15) is 0 Å². The van der Waals surface area contributed by atoms with E-state index >= 15 is 0 Å². The molecule has 0 saturated heterocycles. The van der Waals surface area contributed by atoms with Crippen molar-refractivity contribution in [2.45, 2.75) is 38.5 Å². The van der Waals surface area contributed by atoms with Crippen LogP contribution in [0.4, 0.5) is 0 Å². The first-order chi connectivity index (χ1) is 9.78. The number of hydrogen-bond donors (Lipinski definition) is 0. The molecule has 1 fully saturated rings. The molecule has 0 bridgehead atoms. The van der Waals surface area contributed by atoms with Crippen LogP contribution in [0.15, 0.2) is 36.4 Å². The molecule has 2 heteroatoms. The molecule has 1 saturated carbocycles. The van der Waals surface area contributed by atoms with E-state index in [2.05, 4.69) is 24.3 Å². The van der Waals surface area contributed by atoms with Gasteiger partial charge in [0.1, 0.15) is 0 Å². The topological polar surface area (TPSA) is 9.23 Å². The molecular weight excluding hydrogens is 268 g/mol. The number of methoxy groups -OCH3 is 1. The van der Waals surface area contributed by atoms with Crippen molar-refractivity contribution in [1.29, 1.82) is 0 Å². The van der Waals surface area contributed by atoms with Gasteiger partial charge in [-0.25, -0.2) is 0 Å². The standard InChI is InChI=1S/C18H25ClO/c1-20-14-2-3-15-4-6-16(7-5-15)8-9-17-10-12-18(19)13-11-17/h2-3,10-13,15-16H,4-9,14H2,1H3/t15-,16-. The molecule has 1 aliphatic rings. The molecule has 0 heterocycles. The highest BCUT2D eigenvalue weighted by Crippen LogP contribution is 2.32. The first kappa shape index (κ1) is 15.6. The molecule has 0 aliphatic heterocycles. The SMILES string of the molecule is COCC=C[C@H]1CC[C@H](CCc2ccc(Cl)cc2)CC1. The van der Waals surface area contributed by atoms with Crippen LogP contribution >= 0.6 is 11.6 Å². The van der Waals surface area contributed by atoms with E-state index in [0.29, 0.717) is 0 Å². The quantitative estimate of drug-likeness (QED) is 0.648. The maximum absolute atomic E-state index is 5.91. The summed E-state index contributed by atoms with van der Waals surface area (Å²) >= 11 is 5.91. The summed E-state index contributed by atoms with van der Waals surface area (Å²) in [5.74, 6) is 1.68. The summed E-state index contributed by atoms with van der Waals surface area (Å²) in [7, 11) is 1.75. The maximum Gasteiger partial charge on any atom is 0.0643 e. The predicted octanol–water partition coefficient (Wildman–Crippen LogP) is 5.28. The lowest BCUT2D eigenvalue weighted by Gasteiger charge is -2.26. The lowest BCUT2D eigenvalue weighted by Crippen LogP contribution is -2.13. The Kier molecular flexibility index (Phi) is 6.62. The fourth-order valence-corrected chi connectivity index (χ4v) is 3.16. The Morgan fingerprint density at radius 2 is 1.85 bits per heavy atom. The first-order valence-corrected chi connectivity index (χ1v) is 8.05. The first-order valence-electron chi connectivity index (χ1n) is 7.68. The summed E-state index contributed by atoms with van der Waals surface area (Å²) in [6.45, 7) is 0.747. The Bertz CT molecular complexity index is 402. The van der Waals surface area contributed by atoms with Gasteiger partial charge in [-0.3, -0.25) is 0 Å². The molecule has 0 N–H and O–H groups in total. The van der Waals surface area contributed by atoms with Gasteiger partial charge >= 0.3 is 0 Å². The van der Waals surface area contributed by atoms with Crippen molar-refractivity contribution in [3.05, 3.63) is 47.0 Å². The van der Waals surface area contributed by atoms with E-state index in [1.165, 1.54) is 44.1 Å². The van der Waals surface area contributed by atoms with Crippen LogP contribution in [0.25, 0.3) is 0 Å². The minimum Gasteiger partial charge on any atom is -0.381 e.